The average Bonchev–Trinajstić information content (AvgIpc) is 3.09. The van der Waals surface area contributed by atoms with Gasteiger partial charge < -0.3 is 0 Å². The minimum Gasteiger partial charge on any atom is -0.0654 e. The first-order valence-corrected chi connectivity index (χ1v) is 25.1. The summed E-state index contributed by atoms with van der Waals surface area (Å²) in [7, 11) is 0. The van der Waals surface area contributed by atoms with E-state index in [1.54, 1.807) is 0 Å². The predicted octanol–water partition coefficient (Wildman–Crippen LogP) is 22.4. The highest BCUT2D eigenvalue weighted by Gasteiger charge is 2.14. The lowest BCUT2D eigenvalue weighted by Crippen LogP contribution is -2.12. The molecule has 0 aliphatic carbocycles. The second kappa shape index (κ2) is 44.5. The fraction of sp³-hybridized carbons (Fsp3) is 1.00. The summed E-state index contributed by atoms with van der Waals surface area (Å²) in [5, 5.41) is 0. The maximum absolute atomic E-state index is 2.31. The first kappa shape index (κ1) is 73.5. The fourth-order valence-corrected chi connectivity index (χ4v) is 4.03. The van der Waals surface area contributed by atoms with Crippen LogP contribution in [0.15, 0.2) is 0 Å². The van der Waals surface area contributed by atoms with E-state index in [1.807, 2.05) is 0 Å². The summed E-state index contributed by atoms with van der Waals surface area (Å²) in [6.07, 6.45) is 19.9. The largest absolute Gasteiger partial charge is 0.0654 e. The van der Waals surface area contributed by atoms with Gasteiger partial charge in [-0.25, -0.2) is 0 Å². The average molecular weight is 802 g/mol. The van der Waals surface area contributed by atoms with Crippen molar-refractivity contribution >= 4 is 0 Å². The molecule has 0 aromatic rings. The molecule has 0 heteroatoms. The molecule has 2 atom stereocenters. The van der Waals surface area contributed by atoms with Crippen molar-refractivity contribution in [2.45, 2.75) is 311 Å². The van der Waals surface area contributed by atoms with E-state index in [1.165, 1.54) is 96.3 Å². The van der Waals surface area contributed by atoms with Crippen LogP contribution < -0.4 is 0 Å². The molecule has 0 aliphatic heterocycles. The van der Waals surface area contributed by atoms with Crippen LogP contribution in [-0.2, 0) is 0 Å². The van der Waals surface area contributed by atoms with E-state index in [-0.39, 0.29) is 0 Å². The van der Waals surface area contributed by atoms with E-state index >= 15 is 0 Å². The maximum Gasteiger partial charge on any atom is -0.0359 e. The molecule has 0 nitrogen and oxygen atoms in total. The molecule has 0 saturated carbocycles. The molecule has 0 heterocycles. The van der Waals surface area contributed by atoms with Crippen molar-refractivity contribution in [1.29, 1.82) is 0 Å². The Labute approximate surface area is 366 Å². The first-order chi connectivity index (χ1) is 25.1. The van der Waals surface area contributed by atoms with Crippen LogP contribution in [0, 0.1) is 56.7 Å². The van der Waals surface area contributed by atoms with Gasteiger partial charge in [-0.2, -0.15) is 0 Å². The zero-order valence-corrected chi connectivity index (χ0v) is 47.0. The lowest BCUT2D eigenvalue weighted by atomic mass is 9.84. The molecule has 0 saturated heterocycles. The molecule has 0 fully saturated rings. The normalized spacial score (nSPS) is 12.5. The molecule has 0 rings (SSSR count). The second-order valence-corrected chi connectivity index (χ2v) is 22.9. The molecule has 0 amide bonds. The smallest absolute Gasteiger partial charge is 0.0359 e. The summed E-state index contributed by atoms with van der Waals surface area (Å²) in [4.78, 5) is 0. The molecule has 56 heavy (non-hydrogen) atoms. The molecular formula is C56H128. The second-order valence-electron chi connectivity index (χ2n) is 22.9. The molecule has 0 bridgehead atoms. The van der Waals surface area contributed by atoms with E-state index < -0.39 is 0 Å². The van der Waals surface area contributed by atoms with E-state index in [0.717, 1.165) is 29.6 Å². The van der Waals surface area contributed by atoms with Crippen LogP contribution in [0.25, 0.3) is 0 Å². The van der Waals surface area contributed by atoms with Crippen molar-refractivity contribution in [3.05, 3.63) is 0 Å². The van der Waals surface area contributed by atoms with Crippen LogP contribution in [0.4, 0.5) is 0 Å². The summed E-state index contributed by atoms with van der Waals surface area (Å²) in [5.41, 5.74) is 2.77. The zero-order valence-electron chi connectivity index (χ0n) is 47.0. The Kier molecular flexibility index (Phi) is 58.5. The predicted molar refractivity (Wildman–Crippen MR) is 275 cm³/mol. The van der Waals surface area contributed by atoms with Gasteiger partial charge >= 0.3 is 0 Å². The SMILES string of the molecule is CC(C)C(C)(C)C.CCC(C)(C)CC.CCC(C)(C)CC.CCC(C)C(C)C.CCC(CC)CC.CCCC(C)(C)C.CCCC(C)(C)C.CCCC(C)CC. The Morgan fingerprint density at radius 1 is 0.357 bits per heavy atom. The molecule has 352 valence electrons. The molecular weight excluding hydrogens is 673 g/mol. The van der Waals surface area contributed by atoms with Gasteiger partial charge in [0, 0.05) is 0 Å². The van der Waals surface area contributed by atoms with Crippen LogP contribution in [-0.4, -0.2) is 0 Å². The zero-order chi connectivity index (χ0) is 47.0. The van der Waals surface area contributed by atoms with Crippen molar-refractivity contribution in [3.63, 3.8) is 0 Å². The molecule has 0 spiro atoms. The molecule has 0 aromatic carbocycles. The van der Waals surface area contributed by atoms with Gasteiger partial charge in [-0.05, 0) is 69.5 Å². The molecule has 0 aromatic heterocycles. The first-order valence-electron chi connectivity index (χ1n) is 25.1. The molecule has 0 N–H and O–H groups in total. The third kappa shape index (κ3) is 82.0. The lowest BCUT2D eigenvalue weighted by Gasteiger charge is -2.22. The quantitative estimate of drug-likeness (QED) is 0.164. The lowest BCUT2D eigenvalue weighted by molar-refractivity contribution is 0.283. The number of hydrogen-bond acceptors (Lipinski definition) is 0. The van der Waals surface area contributed by atoms with E-state index in [9.17, 15) is 0 Å². The standard InChI is InChI=1S/8C7H16/c1-6(2)7(3,4)5;2*1-5-6-7(2,3)4;2*1-5-7(3,4)6-2;1-5-7(4)6(2)3;1-4-6-7(3)5-2;1-4-7(5-2)6-3/h6H,1-5H3;4*5-6H2,1-4H3;6-7H,5H2,1-4H3;2*7H,4-6H2,1-3H3. The van der Waals surface area contributed by atoms with Crippen LogP contribution in [0.3, 0.4) is 0 Å². The Morgan fingerprint density at radius 3 is 0.643 bits per heavy atom. The minimum absolute atomic E-state index is 0.500. The summed E-state index contributed by atoms with van der Waals surface area (Å²) < 4.78 is 0. The van der Waals surface area contributed by atoms with Gasteiger partial charge in [0.05, 0.1) is 0 Å². The summed E-state index contributed by atoms with van der Waals surface area (Å²) in [6.45, 7) is 70.2. The van der Waals surface area contributed by atoms with Gasteiger partial charge in [0.1, 0.15) is 0 Å². The Morgan fingerprint density at radius 2 is 0.625 bits per heavy atom. The van der Waals surface area contributed by atoms with Gasteiger partial charge in [-0.1, -0.05) is 298 Å². The van der Waals surface area contributed by atoms with Crippen molar-refractivity contribution in [1.82, 2.24) is 0 Å². The van der Waals surface area contributed by atoms with Gasteiger partial charge in [-0.15, -0.1) is 0 Å². The number of hydrogen-bond donors (Lipinski definition) is 0. The highest BCUT2D eigenvalue weighted by Crippen LogP contribution is 2.25. The van der Waals surface area contributed by atoms with E-state index in [0.29, 0.717) is 27.1 Å². The summed E-state index contributed by atoms with van der Waals surface area (Å²) in [6, 6.07) is 0. The highest BCUT2D eigenvalue weighted by atomic mass is 14.2. The van der Waals surface area contributed by atoms with Crippen molar-refractivity contribution in [2.24, 2.45) is 56.7 Å². The van der Waals surface area contributed by atoms with Crippen LogP contribution in [0.5, 0.6) is 0 Å². The van der Waals surface area contributed by atoms with Crippen LogP contribution in [0.1, 0.15) is 311 Å². The maximum atomic E-state index is 2.31. The monoisotopic (exact) mass is 801 g/mol. The highest BCUT2D eigenvalue weighted by molar-refractivity contribution is 4.64. The van der Waals surface area contributed by atoms with Gasteiger partial charge in [0.15, 0.2) is 0 Å². The van der Waals surface area contributed by atoms with Crippen LogP contribution >= 0.6 is 0 Å². The van der Waals surface area contributed by atoms with E-state index in [2.05, 4.69) is 215 Å². The summed E-state index contributed by atoms with van der Waals surface area (Å²) >= 11 is 0. The fourth-order valence-electron chi connectivity index (χ4n) is 4.03. The Bertz CT molecular complexity index is 607. The van der Waals surface area contributed by atoms with E-state index in [4.69, 9.17) is 0 Å². The van der Waals surface area contributed by atoms with Crippen LogP contribution in [0.2, 0.25) is 0 Å². The van der Waals surface area contributed by atoms with Gasteiger partial charge in [0.2, 0.25) is 0 Å². The van der Waals surface area contributed by atoms with Crippen molar-refractivity contribution < 1.29 is 0 Å². The Balaban J connectivity index is -0.0000000784. The number of rotatable bonds is 14. The van der Waals surface area contributed by atoms with Crippen molar-refractivity contribution in [3.8, 4) is 0 Å². The third-order valence-corrected chi connectivity index (χ3v) is 12.6. The molecule has 2 unspecified atom stereocenters. The van der Waals surface area contributed by atoms with Gasteiger partial charge in [0.25, 0.3) is 0 Å². The third-order valence-electron chi connectivity index (χ3n) is 12.6. The summed E-state index contributed by atoms with van der Waals surface area (Å²) in [5.74, 6) is 4.50. The minimum atomic E-state index is 0.500. The topological polar surface area (TPSA) is 0 Å². The van der Waals surface area contributed by atoms with Crippen molar-refractivity contribution in [2.75, 3.05) is 0 Å². The Hall–Kier alpha value is 0. The van der Waals surface area contributed by atoms with Gasteiger partial charge in [-0.3, -0.25) is 0 Å². The molecule has 0 aliphatic rings. The molecule has 0 radical (unpaired) electrons.